The van der Waals surface area contributed by atoms with E-state index < -0.39 is 0 Å². The minimum Gasteiger partial charge on any atom is -0.463 e. The molecule has 0 aromatic rings. The predicted molar refractivity (Wildman–Crippen MR) is 84.1 cm³/mol. The highest BCUT2D eigenvalue weighted by Crippen LogP contribution is 2.49. The average Bonchev–Trinajstić information content (AvgIpc) is 3.11. The Balaban J connectivity index is 1.43. The van der Waals surface area contributed by atoms with Crippen molar-refractivity contribution in [3.8, 4) is 0 Å². The van der Waals surface area contributed by atoms with Crippen LogP contribution in [-0.4, -0.2) is 25.8 Å². The summed E-state index contributed by atoms with van der Waals surface area (Å²) >= 11 is 0. The lowest BCUT2D eigenvalue weighted by atomic mass is 9.88. The molecule has 2 atom stereocenters. The quantitative estimate of drug-likeness (QED) is 0.324. The molecule has 0 aromatic heterocycles. The maximum atomic E-state index is 12.1. The average molecular weight is 294 g/mol. The highest BCUT2D eigenvalue weighted by atomic mass is 16.6. The van der Waals surface area contributed by atoms with Gasteiger partial charge in [0.25, 0.3) is 0 Å². The summed E-state index contributed by atoms with van der Waals surface area (Å²) in [5.41, 5.74) is -0.288. The van der Waals surface area contributed by atoms with Crippen LogP contribution in [-0.2, 0) is 14.3 Å². The fourth-order valence-electron chi connectivity index (χ4n) is 3.43. The van der Waals surface area contributed by atoms with Gasteiger partial charge in [0.15, 0.2) is 0 Å². The molecule has 0 saturated heterocycles. The van der Waals surface area contributed by atoms with Crippen LogP contribution in [0.5, 0.6) is 0 Å². The lowest BCUT2D eigenvalue weighted by Crippen LogP contribution is -2.28. The van der Waals surface area contributed by atoms with E-state index in [1.54, 1.807) is 0 Å². The number of esters is 1. The van der Waals surface area contributed by atoms with Gasteiger partial charge in [-0.2, -0.15) is 0 Å². The summed E-state index contributed by atoms with van der Waals surface area (Å²) in [5.74, 6) is 0.573. The normalized spacial score (nSPS) is 26.4. The number of rotatable bonds is 11. The Labute approximate surface area is 129 Å². The number of allylic oxidation sites excluding steroid dienone is 1. The molecule has 3 nitrogen and oxygen atoms in total. The Bertz CT molecular complexity index is 350. The topological polar surface area (TPSA) is 35.5 Å². The van der Waals surface area contributed by atoms with Crippen molar-refractivity contribution in [2.24, 2.45) is 11.3 Å². The van der Waals surface area contributed by atoms with Gasteiger partial charge < -0.3 is 9.47 Å². The van der Waals surface area contributed by atoms with Crippen LogP contribution in [0, 0.1) is 11.3 Å². The Kier molecular flexibility index (Phi) is 6.75. The molecule has 1 saturated carbocycles. The molecule has 1 fully saturated rings. The summed E-state index contributed by atoms with van der Waals surface area (Å²) < 4.78 is 10.9. The summed E-state index contributed by atoms with van der Waals surface area (Å²) in [5, 5.41) is 0. The second-order valence-corrected chi connectivity index (χ2v) is 6.53. The molecule has 0 N–H and O–H groups in total. The first-order chi connectivity index (χ1) is 10.3. The number of carbonyl (C=O) groups is 1. The second kappa shape index (κ2) is 8.57. The molecule has 0 spiro atoms. The van der Waals surface area contributed by atoms with Crippen LogP contribution in [0.4, 0.5) is 0 Å². The van der Waals surface area contributed by atoms with Crippen LogP contribution < -0.4 is 0 Å². The zero-order chi connectivity index (χ0) is 15.0. The van der Waals surface area contributed by atoms with Crippen LogP contribution in [0.15, 0.2) is 12.2 Å². The van der Waals surface area contributed by atoms with Gasteiger partial charge in [-0.25, -0.2) is 0 Å². The third kappa shape index (κ3) is 4.84. The van der Waals surface area contributed by atoms with Crippen molar-refractivity contribution in [3.63, 3.8) is 0 Å². The minimum absolute atomic E-state index is 0.0399. The molecule has 0 heterocycles. The van der Waals surface area contributed by atoms with E-state index in [2.05, 4.69) is 19.1 Å². The zero-order valence-corrected chi connectivity index (χ0v) is 13.4. The monoisotopic (exact) mass is 294 g/mol. The maximum absolute atomic E-state index is 12.1. The Hall–Kier alpha value is -0.830. The maximum Gasteiger partial charge on any atom is 0.316 e. The Morgan fingerprint density at radius 2 is 1.95 bits per heavy atom. The van der Waals surface area contributed by atoms with Crippen LogP contribution >= 0.6 is 0 Å². The van der Waals surface area contributed by atoms with E-state index in [1.165, 1.54) is 32.1 Å². The molecule has 2 bridgehead atoms. The lowest BCUT2D eigenvalue weighted by molar-refractivity contribution is -0.154. The van der Waals surface area contributed by atoms with E-state index in [9.17, 15) is 4.79 Å². The number of ether oxygens (including phenoxy) is 2. The number of hydrogen-bond acceptors (Lipinski definition) is 3. The highest BCUT2D eigenvalue weighted by molar-refractivity contribution is 5.80. The van der Waals surface area contributed by atoms with Gasteiger partial charge in [-0.1, -0.05) is 51.2 Å². The van der Waals surface area contributed by atoms with E-state index in [4.69, 9.17) is 9.47 Å². The van der Waals surface area contributed by atoms with Crippen molar-refractivity contribution >= 4 is 5.97 Å². The SMILES string of the molecule is CCCCCCCCOCCOC(=O)C12C=CC(CC1)C2. The molecule has 2 unspecified atom stereocenters. The molecule has 21 heavy (non-hydrogen) atoms. The largest absolute Gasteiger partial charge is 0.463 e. The minimum atomic E-state index is -0.288. The van der Waals surface area contributed by atoms with Gasteiger partial charge in [-0.05, 0) is 31.6 Å². The standard InChI is InChI=1S/C18H30O3/c1-2-3-4-5-6-7-12-20-13-14-21-17(19)18-10-8-16(15-18)9-11-18/h8,10,16H,2-7,9,11-15H2,1H3. The molecule has 2 aliphatic rings. The fourth-order valence-corrected chi connectivity index (χ4v) is 3.43. The molecule has 2 aliphatic carbocycles. The van der Waals surface area contributed by atoms with E-state index in [-0.39, 0.29) is 11.4 Å². The van der Waals surface area contributed by atoms with E-state index >= 15 is 0 Å². The molecule has 2 rings (SSSR count). The number of unbranched alkanes of at least 4 members (excludes halogenated alkanes) is 5. The first kappa shape index (κ1) is 16.5. The second-order valence-electron chi connectivity index (χ2n) is 6.53. The summed E-state index contributed by atoms with van der Waals surface area (Å²) in [6, 6.07) is 0. The van der Waals surface area contributed by atoms with Crippen LogP contribution in [0.25, 0.3) is 0 Å². The van der Waals surface area contributed by atoms with Gasteiger partial charge in [-0.3, -0.25) is 4.79 Å². The van der Waals surface area contributed by atoms with Crippen molar-refractivity contribution in [1.82, 2.24) is 0 Å². The first-order valence-corrected chi connectivity index (χ1v) is 8.71. The molecule has 3 heteroatoms. The van der Waals surface area contributed by atoms with Crippen LogP contribution in [0.2, 0.25) is 0 Å². The molecule has 120 valence electrons. The third-order valence-electron chi connectivity index (χ3n) is 4.78. The Morgan fingerprint density at radius 1 is 1.14 bits per heavy atom. The molecule has 0 aromatic carbocycles. The number of fused-ring (bicyclic) bond motifs is 2. The van der Waals surface area contributed by atoms with E-state index in [0.29, 0.717) is 19.1 Å². The highest BCUT2D eigenvalue weighted by Gasteiger charge is 2.47. The van der Waals surface area contributed by atoms with E-state index in [1.807, 2.05) is 0 Å². The van der Waals surface area contributed by atoms with E-state index in [0.717, 1.165) is 32.3 Å². The molecule has 0 aliphatic heterocycles. The smallest absolute Gasteiger partial charge is 0.316 e. The fraction of sp³-hybridized carbons (Fsp3) is 0.833. The molecule has 0 radical (unpaired) electrons. The van der Waals surface area contributed by atoms with Gasteiger partial charge in [0.1, 0.15) is 6.61 Å². The predicted octanol–water partition coefficient (Wildman–Crippen LogP) is 4.26. The van der Waals surface area contributed by atoms with Gasteiger partial charge in [0.2, 0.25) is 0 Å². The zero-order valence-electron chi connectivity index (χ0n) is 13.4. The first-order valence-electron chi connectivity index (χ1n) is 8.71. The number of carbonyl (C=O) groups excluding carboxylic acids is 1. The molecule has 0 amide bonds. The number of hydrogen-bond donors (Lipinski definition) is 0. The van der Waals surface area contributed by atoms with Crippen molar-refractivity contribution in [2.45, 2.75) is 64.7 Å². The van der Waals surface area contributed by atoms with Crippen molar-refractivity contribution in [3.05, 3.63) is 12.2 Å². The van der Waals surface area contributed by atoms with Gasteiger partial charge in [0.05, 0.1) is 12.0 Å². The van der Waals surface area contributed by atoms with Gasteiger partial charge >= 0.3 is 5.97 Å². The summed E-state index contributed by atoms with van der Waals surface area (Å²) in [6.45, 7) is 3.95. The molecular weight excluding hydrogens is 264 g/mol. The third-order valence-corrected chi connectivity index (χ3v) is 4.78. The van der Waals surface area contributed by atoms with Crippen molar-refractivity contribution in [1.29, 1.82) is 0 Å². The van der Waals surface area contributed by atoms with Gasteiger partial charge in [-0.15, -0.1) is 0 Å². The lowest BCUT2D eigenvalue weighted by Gasteiger charge is -2.21. The van der Waals surface area contributed by atoms with Crippen LogP contribution in [0.3, 0.4) is 0 Å². The summed E-state index contributed by atoms with van der Waals surface area (Å²) in [4.78, 5) is 12.1. The van der Waals surface area contributed by atoms with Crippen LogP contribution in [0.1, 0.15) is 64.7 Å². The molecular formula is C18H30O3. The summed E-state index contributed by atoms with van der Waals surface area (Å²) in [6.07, 6.45) is 15.0. The summed E-state index contributed by atoms with van der Waals surface area (Å²) in [7, 11) is 0. The van der Waals surface area contributed by atoms with Crippen molar-refractivity contribution in [2.75, 3.05) is 19.8 Å². The Morgan fingerprint density at radius 3 is 2.62 bits per heavy atom. The van der Waals surface area contributed by atoms with Gasteiger partial charge in [0, 0.05) is 6.61 Å². The van der Waals surface area contributed by atoms with Crippen molar-refractivity contribution < 1.29 is 14.3 Å².